The van der Waals surface area contributed by atoms with Gasteiger partial charge in [0.2, 0.25) is 11.8 Å². The summed E-state index contributed by atoms with van der Waals surface area (Å²) in [5, 5.41) is 3.10. The summed E-state index contributed by atoms with van der Waals surface area (Å²) in [6.45, 7) is 8.54. The Morgan fingerprint density at radius 2 is 1.71 bits per heavy atom. The minimum atomic E-state index is -4.21. The van der Waals surface area contributed by atoms with E-state index in [9.17, 15) is 18.0 Å². The highest BCUT2D eigenvalue weighted by atomic mass is 79.9. The number of amides is 2. The second-order valence-corrected chi connectivity index (χ2v) is 13.9. The van der Waals surface area contributed by atoms with Crippen LogP contribution in [0.5, 0.6) is 5.75 Å². The molecule has 3 aromatic rings. The van der Waals surface area contributed by atoms with Gasteiger partial charge in [-0.1, -0.05) is 57.4 Å². The summed E-state index contributed by atoms with van der Waals surface area (Å²) in [6.07, 6.45) is 0. The van der Waals surface area contributed by atoms with Gasteiger partial charge in [-0.15, -0.1) is 0 Å². The van der Waals surface area contributed by atoms with Crippen molar-refractivity contribution in [1.82, 2.24) is 10.2 Å². The molecule has 0 unspecified atom stereocenters. The van der Waals surface area contributed by atoms with Crippen LogP contribution in [0.1, 0.15) is 38.8 Å². The Labute approximate surface area is 255 Å². The van der Waals surface area contributed by atoms with Crippen LogP contribution < -0.4 is 14.4 Å². The Kier molecular flexibility index (Phi) is 10.5. The molecule has 0 aliphatic heterocycles. The van der Waals surface area contributed by atoms with Crippen molar-refractivity contribution in [1.29, 1.82) is 0 Å². The van der Waals surface area contributed by atoms with Crippen LogP contribution in [-0.2, 0) is 26.2 Å². The van der Waals surface area contributed by atoms with Gasteiger partial charge in [-0.2, -0.15) is 0 Å². The molecular weight excluding hydrogens is 630 g/mol. The highest BCUT2D eigenvalue weighted by Crippen LogP contribution is 2.32. The number of sulfonamides is 1. The smallest absolute Gasteiger partial charge is 0.264 e. The first-order chi connectivity index (χ1) is 19.1. The van der Waals surface area contributed by atoms with Gasteiger partial charge in [0.15, 0.2) is 0 Å². The van der Waals surface area contributed by atoms with E-state index in [4.69, 9.17) is 16.3 Å². The number of hydrogen-bond acceptors (Lipinski definition) is 5. The molecule has 11 heteroatoms. The molecule has 0 spiro atoms. The Bertz CT molecular complexity index is 1510. The number of carbonyl (C=O) groups excluding carboxylic acids is 2. The SMILES string of the molecule is COc1ccc(N(CC(=O)N(Cc2cccc(Br)c2)[C@H](C)C(=O)NC(C)(C)C)S(=O)(=O)c2ccc(C)cc2)cc1Cl. The van der Waals surface area contributed by atoms with Crippen molar-refractivity contribution >= 4 is 55.1 Å². The third-order valence-electron chi connectivity index (χ3n) is 6.22. The Morgan fingerprint density at radius 3 is 2.27 bits per heavy atom. The monoisotopic (exact) mass is 663 g/mol. The fourth-order valence-electron chi connectivity index (χ4n) is 4.07. The molecule has 3 rings (SSSR count). The number of nitrogens with one attached hydrogen (secondary N) is 1. The van der Waals surface area contributed by atoms with Crippen molar-refractivity contribution in [3.05, 3.63) is 87.4 Å². The number of halogens is 2. The molecule has 0 aromatic heterocycles. The minimum Gasteiger partial charge on any atom is -0.495 e. The number of rotatable bonds is 10. The lowest BCUT2D eigenvalue weighted by atomic mass is 10.1. The number of aryl methyl sites for hydroxylation is 1. The zero-order valence-electron chi connectivity index (χ0n) is 23.9. The number of hydrogen-bond donors (Lipinski definition) is 1. The Balaban J connectivity index is 2.08. The second kappa shape index (κ2) is 13.3. The molecular formula is C30H35BrClN3O5S. The van der Waals surface area contributed by atoms with Gasteiger partial charge in [0, 0.05) is 16.6 Å². The van der Waals surface area contributed by atoms with Crippen molar-refractivity contribution < 1.29 is 22.7 Å². The molecule has 0 fully saturated rings. The Morgan fingerprint density at radius 1 is 1.05 bits per heavy atom. The van der Waals surface area contributed by atoms with Gasteiger partial charge in [-0.3, -0.25) is 13.9 Å². The summed E-state index contributed by atoms with van der Waals surface area (Å²) in [7, 11) is -2.76. The van der Waals surface area contributed by atoms with E-state index in [2.05, 4.69) is 21.2 Å². The molecule has 2 amide bonds. The summed E-state index contributed by atoms with van der Waals surface area (Å²) in [5.74, 6) is -0.566. The van der Waals surface area contributed by atoms with Crippen LogP contribution in [0.4, 0.5) is 5.69 Å². The molecule has 1 atom stereocenters. The maximum absolute atomic E-state index is 14.0. The standard InChI is InChI=1S/C30H35BrClN3O5S/c1-20-10-13-25(14-11-20)41(38,39)35(24-12-15-27(40-6)26(32)17-24)19-28(36)34(18-22-8-7-9-23(31)16-22)21(2)29(37)33-30(3,4)5/h7-17,21H,18-19H2,1-6H3,(H,33,37)/t21-/m1/s1. The molecule has 3 aromatic carbocycles. The van der Waals surface area contributed by atoms with Crippen molar-refractivity contribution in [2.75, 3.05) is 18.0 Å². The molecule has 1 N–H and O–H groups in total. The predicted molar refractivity (Wildman–Crippen MR) is 166 cm³/mol. The number of carbonyl (C=O) groups is 2. The van der Waals surface area contributed by atoms with E-state index in [1.54, 1.807) is 25.1 Å². The summed E-state index contributed by atoms with van der Waals surface area (Å²) >= 11 is 9.81. The first kappa shape index (κ1) is 32.4. The van der Waals surface area contributed by atoms with Gasteiger partial charge >= 0.3 is 0 Å². The lowest BCUT2D eigenvalue weighted by Gasteiger charge is -2.33. The second-order valence-electron chi connectivity index (χ2n) is 10.7. The van der Waals surface area contributed by atoms with E-state index in [1.807, 2.05) is 52.0 Å². The van der Waals surface area contributed by atoms with Crippen molar-refractivity contribution in [2.45, 2.75) is 57.6 Å². The van der Waals surface area contributed by atoms with Crippen LogP contribution in [0.25, 0.3) is 0 Å². The topological polar surface area (TPSA) is 96.0 Å². The van der Waals surface area contributed by atoms with Crippen LogP contribution in [-0.4, -0.2) is 50.4 Å². The van der Waals surface area contributed by atoms with Crippen LogP contribution in [0.3, 0.4) is 0 Å². The van der Waals surface area contributed by atoms with Gasteiger partial charge in [0.05, 0.1) is 22.7 Å². The van der Waals surface area contributed by atoms with Gasteiger partial charge < -0.3 is 15.0 Å². The van der Waals surface area contributed by atoms with Crippen molar-refractivity contribution in [3.63, 3.8) is 0 Å². The van der Waals surface area contributed by atoms with Crippen LogP contribution in [0.15, 0.2) is 76.1 Å². The molecule has 0 aliphatic carbocycles. The zero-order valence-corrected chi connectivity index (χ0v) is 27.1. The Hall–Kier alpha value is -3.08. The summed E-state index contributed by atoms with van der Waals surface area (Å²) in [6, 6.07) is 17.3. The molecule has 0 saturated heterocycles. The number of benzene rings is 3. The van der Waals surface area contributed by atoms with Gasteiger partial charge in [0.25, 0.3) is 10.0 Å². The van der Waals surface area contributed by atoms with Gasteiger partial charge in [0.1, 0.15) is 18.3 Å². The van der Waals surface area contributed by atoms with E-state index in [0.717, 1.165) is 19.9 Å². The van der Waals surface area contributed by atoms with Gasteiger partial charge in [-0.05, 0) is 82.6 Å². The van der Waals surface area contributed by atoms with Crippen LogP contribution in [0, 0.1) is 6.92 Å². The lowest BCUT2D eigenvalue weighted by Crippen LogP contribution is -2.54. The van der Waals surface area contributed by atoms with E-state index in [1.165, 1.54) is 36.3 Å². The third-order valence-corrected chi connectivity index (χ3v) is 8.80. The fourth-order valence-corrected chi connectivity index (χ4v) is 6.17. The largest absolute Gasteiger partial charge is 0.495 e. The maximum Gasteiger partial charge on any atom is 0.264 e. The summed E-state index contributed by atoms with van der Waals surface area (Å²) < 4.78 is 35.0. The maximum atomic E-state index is 14.0. The molecule has 0 radical (unpaired) electrons. The molecule has 41 heavy (non-hydrogen) atoms. The third kappa shape index (κ3) is 8.47. The lowest BCUT2D eigenvalue weighted by molar-refractivity contribution is -0.140. The molecule has 0 heterocycles. The molecule has 0 saturated carbocycles. The number of ether oxygens (including phenoxy) is 1. The molecule has 8 nitrogen and oxygen atoms in total. The fraction of sp³-hybridized carbons (Fsp3) is 0.333. The molecule has 0 bridgehead atoms. The zero-order chi connectivity index (χ0) is 30.5. The average molecular weight is 665 g/mol. The van der Waals surface area contributed by atoms with Crippen LogP contribution >= 0.6 is 27.5 Å². The summed E-state index contributed by atoms with van der Waals surface area (Å²) in [5.41, 5.74) is 1.30. The van der Waals surface area contributed by atoms with Gasteiger partial charge in [-0.25, -0.2) is 8.42 Å². The van der Waals surface area contributed by atoms with Crippen LogP contribution in [0.2, 0.25) is 5.02 Å². The highest BCUT2D eigenvalue weighted by molar-refractivity contribution is 9.10. The molecule has 220 valence electrons. The van der Waals surface area contributed by atoms with E-state index >= 15 is 0 Å². The predicted octanol–water partition coefficient (Wildman–Crippen LogP) is 5.95. The van der Waals surface area contributed by atoms with E-state index in [0.29, 0.717) is 5.75 Å². The average Bonchev–Trinajstić information content (AvgIpc) is 2.89. The van der Waals surface area contributed by atoms with E-state index in [-0.39, 0.29) is 28.1 Å². The van der Waals surface area contributed by atoms with Crippen molar-refractivity contribution in [3.8, 4) is 5.75 Å². The quantitative estimate of drug-likeness (QED) is 0.289. The first-order valence-corrected chi connectivity index (χ1v) is 15.5. The summed E-state index contributed by atoms with van der Waals surface area (Å²) in [4.78, 5) is 28.6. The van der Waals surface area contributed by atoms with E-state index < -0.39 is 34.1 Å². The van der Waals surface area contributed by atoms with Crippen molar-refractivity contribution in [2.24, 2.45) is 0 Å². The molecule has 0 aliphatic rings. The number of anilines is 1. The number of nitrogens with zero attached hydrogens (tertiary/aromatic N) is 2. The normalized spacial score (nSPS) is 12.4. The number of methoxy groups -OCH3 is 1. The highest BCUT2D eigenvalue weighted by Gasteiger charge is 2.33. The minimum absolute atomic E-state index is 0.0138. The first-order valence-electron chi connectivity index (χ1n) is 12.9.